The second kappa shape index (κ2) is 8.31. The van der Waals surface area contributed by atoms with Crippen LogP contribution >= 0.6 is 0 Å². The van der Waals surface area contributed by atoms with Crippen LogP contribution in [0.1, 0.15) is 30.4 Å². The van der Waals surface area contributed by atoms with Gasteiger partial charge in [-0.3, -0.25) is 4.90 Å². The highest BCUT2D eigenvalue weighted by Gasteiger charge is 2.16. The van der Waals surface area contributed by atoms with E-state index in [1.165, 1.54) is 30.4 Å². The molecule has 3 N–H and O–H groups in total. The zero-order valence-electron chi connectivity index (χ0n) is 13.8. The molecule has 23 heavy (non-hydrogen) atoms. The number of aliphatic imine (C=N–C) groups is 1. The number of benzene rings is 1. The van der Waals surface area contributed by atoms with Crippen molar-refractivity contribution in [1.82, 2.24) is 10.2 Å². The van der Waals surface area contributed by atoms with Crippen LogP contribution in [0.3, 0.4) is 0 Å². The summed E-state index contributed by atoms with van der Waals surface area (Å²) in [5.41, 5.74) is 8.46. The van der Waals surface area contributed by atoms with E-state index in [1.54, 1.807) is 0 Å². The van der Waals surface area contributed by atoms with E-state index in [0.29, 0.717) is 12.5 Å². The summed E-state index contributed by atoms with van der Waals surface area (Å²) in [6, 6.07) is 8.69. The minimum Gasteiger partial charge on any atom is -0.379 e. The first-order valence-electron chi connectivity index (χ1n) is 8.71. The quantitative estimate of drug-likeness (QED) is 0.620. The van der Waals surface area contributed by atoms with Crippen LogP contribution in [0.5, 0.6) is 0 Å². The third-order valence-corrected chi connectivity index (χ3v) is 4.76. The average Bonchev–Trinajstić information content (AvgIpc) is 2.54. The van der Waals surface area contributed by atoms with Crippen LogP contribution in [0.15, 0.2) is 29.3 Å². The van der Waals surface area contributed by atoms with Crippen molar-refractivity contribution in [2.75, 3.05) is 32.8 Å². The molecule has 0 aromatic heterocycles. The van der Waals surface area contributed by atoms with Crippen molar-refractivity contribution in [2.45, 2.75) is 32.4 Å². The largest absolute Gasteiger partial charge is 0.379 e. The number of nitrogens with zero attached hydrogens (tertiary/aromatic N) is 2. The van der Waals surface area contributed by atoms with Crippen LogP contribution in [0.25, 0.3) is 0 Å². The Morgan fingerprint density at radius 3 is 2.52 bits per heavy atom. The maximum Gasteiger partial charge on any atom is 0.188 e. The third kappa shape index (κ3) is 5.22. The van der Waals surface area contributed by atoms with E-state index in [-0.39, 0.29) is 0 Å². The first-order chi connectivity index (χ1) is 11.3. The SMILES string of the molecule is NC(=NCc1ccc(CN2CCOCC2)cc1)NCC1CCC1. The maximum absolute atomic E-state index is 5.92. The predicted molar refractivity (Wildman–Crippen MR) is 93.2 cm³/mol. The number of hydrogen-bond acceptors (Lipinski definition) is 3. The van der Waals surface area contributed by atoms with Crippen LogP contribution < -0.4 is 11.1 Å². The first kappa shape index (κ1) is 16.3. The van der Waals surface area contributed by atoms with Crippen LogP contribution in [0, 0.1) is 5.92 Å². The third-order valence-electron chi connectivity index (χ3n) is 4.76. The lowest BCUT2D eigenvalue weighted by molar-refractivity contribution is 0.0342. The highest BCUT2D eigenvalue weighted by molar-refractivity contribution is 5.77. The van der Waals surface area contributed by atoms with Gasteiger partial charge >= 0.3 is 0 Å². The van der Waals surface area contributed by atoms with Gasteiger partial charge in [0.15, 0.2) is 5.96 Å². The molecule has 5 heteroatoms. The molecule has 0 atom stereocenters. The number of rotatable bonds is 6. The molecule has 1 saturated heterocycles. The number of nitrogens with two attached hydrogens (primary N) is 1. The first-order valence-corrected chi connectivity index (χ1v) is 8.71. The fourth-order valence-corrected chi connectivity index (χ4v) is 2.95. The summed E-state index contributed by atoms with van der Waals surface area (Å²) >= 11 is 0. The Balaban J connectivity index is 1.42. The van der Waals surface area contributed by atoms with Gasteiger partial charge in [0.25, 0.3) is 0 Å². The number of hydrogen-bond donors (Lipinski definition) is 2. The van der Waals surface area contributed by atoms with Gasteiger partial charge in [0, 0.05) is 26.2 Å². The van der Waals surface area contributed by atoms with E-state index < -0.39 is 0 Å². The molecule has 0 radical (unpaired) electrons. The molecule has 0 bridgehead atoms. The Morgan fingerprint density at radius 1 is 1.17 bits per heavy atom. The molecular formula is C18H28N4O. The lowest BCUT2D eigenvalue weighted by Crippen LogP contribution is -2.37. The van der Waals surface area contributed by atoms with Gasteiger partial charge in [-0.25, -0.2) is 4.99 Å². The summed E-state index contributed by atoms with van der Waals surface area (Å²) in [4.78, 5) is 6.86. The molecule has 1 saturated carbocycles. The van der Waals surface area contributed by atoms with Gasteiger partial charge in [0.05, 0.1) is 19.8 Å². The van der Waals surface area contributed by atoms with E-state index >= 15 is 0 Å². The zero-order valence-corrected chi connectivity index (χ0v) is 13.8. The van der Waals surface area contributed by atoms with Crippen molar-refractivity contribution in [3.05, 3.63) is 35.4 Å². The lowest BCUT2D eigenvalue weighted by Gasteiger charge is -2.26. The molecule has 0 amide bonds. The summed E-state index contributed by atoms with van der Waals surface area (Å²) < 4.78 is 5.38. The monoisotopic (exact) mass is 316 g/mol. The van der Waals surface area contributed by atoms with E-state index in [4.69, 9.17) is 10.5 Å². The van der Waals surface area contributed by atoms with Crippen molar-refractivity contribution in [1.29, 1.82) is 0 Å². The fraction of sp³-hybridized carbons (Fsp3) is 0.611. The highest BCUT2D eigenvalue weighted by Crippen LogP contribution is 2.24. The van der Waals surface area contributed by atoms with Crippen molar-refractivity contribution in [3.63, 3.8) is 0 Å². The maximum atomic E-state index is 5.92. The Kier molecular flexibility index (Phi) is 5.88. The molecule has 3 rings (SSSR count). The molecule has 2 aliphatic rings. The smallest absolute Gasteiger partial charge is 0.188 e. The molecule has 1 aromatic carbocycles. The Morgan fingerprint density at radius 2 is 1.87 bits per heavy atom. The van der Waals surface area contributed by atoms with Gasteiger partial charge in [0.2, 0.25) is 0 Å². The van der Waals surface area contributed by atoms with E-state index in [1.807, 2.05) is 0 Å². The molecule has 2 fully saturated rings. The molecule has 0 spiro atoms. The summed E-state index contributed by atoms with van der Waals surface area (Å²) in [7, 11) is 0. The lowest BCUT2D eigenvalue weighted by atomic mass is 9.85. The summed E-state index contributed by atoms with van der Waals surface area (Å²) in [5, 5.41) is 3.23. The summed E-state index contributed by atoms with van der Waals surface area (Å²) in [6.45, 7) is 6.34. The number of guanidine groups is 1. The van der Waals surface area contributed by atoms with E-state index in [2.05, 4.69) is 39.5 Å². The van der Waals surface area contributed by atoms with Gasteiger partial charge in [-0.05, 0) is 29.9 Å². The topological polar surface area (TPSA) is 62.9 Å². The molecule has 1 aliphatic carbocycles. The average molecular weight is 316 g/mol. The standard InChI is InChI=1S/C18H28N4O/c19-18(20-12-15-2-1-3-15)21-13-16-4-6-17(7-5-16)14-22-8-10-23-11-9-22/h4-7,15H,1-3,8-14H2,(H3,19,20,21). The van der Waals surface area contributed by atoms with E-state index in [9.17, 15) is 0 Å². The second-order valence-electron chi connectivity index (χ2n) is 6.58. The van der Waals surface area contributed by atoms with Crippen LogP contribution in [0.4, 0.5) is 0 Å². The molecule has 1 aromatic rings. The van der Waals surface area contributed by atoms with Crippen molar-refractivity contribution >= 4 is 5.96 Å². The number of morpholine rings is 1. The predicted octanol–water partition coefficient (Wildman–Crippen LogP) is 1.72. The van der Waals surface area contributed by atoms with Crippen molar-refractivity contribution in [3.8, 4) is 0 Å². The second-order valence-corrected chi connectivity index (χ2v) is 6.58. The van der Waals surface area contributed by atoms with Crippen LogP contribution in [-0.2, 0) is 17.8 Å². The van der Waals surface area contributed by atoms with Crippen molar-refractivity contribution in [2.24, 2.45) is 16.6 Å². The van der Waals surface area contributed by atoms with Gasteiger partial charge in [-0.1, -0.05) is 30.7 Å². The van der Waals surface area contributed by atoms with Gasteiger partial charge in [0.1, 0.15) is 0 Å². The van der Waals surface area contributed by atoms with Crippen LogP contribution in [0.2, 0.25) is 0 Å². The Hall–Kier alpha value is -1.59. The Labute approximate surface area is 138 Å². The molecule has 1 heterocycles. The number of nitrogens with one attached hydrogen (secondary N) is 1. The minimum absolute atomic E-state index is 0.564. The van der Waals surface area contributed by atoms with Crippen LogP contribution in [-0.4, -0.2) is 43.7 Å². The summed E-state index contributed by atoms with van der Waals surface area (Å²) in [6.07, 6.45) is 4.01. The van der Waals surface area contributed by atoms with Gasteiger partial charge in [-0.15, -0.1) is 0 Å². The van der Waals surface area contributed by atoms with Gasteiger partial charge < -0.3 is 15.8 Å². The normalized spacial score (nSPS) is 20.3. The highest BCUT2D eigenvalue weighted by atomic mass is 16.5. The van der Waals surface area contributed by atoms with E-state index in [0.717, 1.165) is 45.3 Å². The molecular weight excluding hydrogens is 288 g/mol. The zero-order chi connectivity index (χ0) is 15.9. The number of ether oxygens (including phenoxy) is 1. The minimum atomic E-state index is 0.564. The molecule has 1 aliphatic heterocycles. The molecule has 5 nitrogen and oxygen atoms in total. The van der Waals surface area contributed by atoms with Crippen molar-refractivity contribution < 1.29 is 4.74 Å². The van der Waals surface area contributed by atoms with Gasteiger partial charge in [-0.2, -0.15) is 0 Å². The molecule has 0 unspecified atom stereocenters. The Bertz CT molecular complexity index is 504. The summed E-state index contributed by atoms with van der Waals surface area (Å²) in [5.74, 6) is 1.36. The molecule has 126 valence electrons. The fourth-order valence-electron chi connectivity index (χ4n) is 2.95.